The highest BCUT2D eigenvalue weighted by Gasteiger charge is 2.22. The molecule has 0 spiro atoms. The number of aliphatic imine (C=N–C) groups is 1. The first-order valence-electron chi connectivity index (χ1n) is 8.11. The van der Waals surface area contributed by atoms with E-state index in [9.17, 15) is 5.11 Å². The Morgan fingerprint density at radius 1 is 1.48 bits per heavy atom. The van der Waals surface area contributed by atoms with Crippen LogP contribution in [-0.2, 0) is 6.54 Å². The van der Waals surface area contributed by atoms with Crippen LogP contribution in [0.25, 0.3) is 0 Å². The molecule has 0 aromatic carbocycles. The summed E-state index contributed by atoms with van der Waals surface area (Å²) in [4.78, 5) is 10.8. The van der Waals surface area contributed by atoms with Gasteiger partial charge in [0.05, 0.1) is 23.4 Å². The fourth-order valence-electron chi connectivity index (χ4n) is 3.06. The van der Waals surface area contributed by atoms with Crippen molar-refractivity contribution in [3.8, 4) is 0 Å². The van der Waals surface area contributed by atoms with Crippen molar-refractivity contribution in [1.82, 2.24) is 15.2 Å². The van der Waals surface area contributed by atoms with Gasteiger partial charge >= 0.3 is 0 Å². The minimum absolute atomic E-state index is 0. The molecule has 7 heteroatoms. The smallest absolute Gasteiger partial charge is 0.193 e. The van der Waals surface area contributed by atoms with Gasteiger partial charge in [0.15, 0.2) is 5.96 Å². The number of rotatable bonds is 5. The largest absolute Gasteiger partial charge is 0.391 e. The number of nitrogens with zero attached hydrogens (tertiary/aromatic N) is 3. The van der Waals surface area contributed by atoms with E-state index in [1.165, 1.54) is 19.3 Å². The van der Waals surface area contributed by atoms with Crippen molar-refractivity contribution in [2.24, 2.45) is 10.9 Å². The first-order chi connectivity index (χ1) is 10.6. The Labute approximate surface area is 160 Å². The lowest BCUT2D eigenvalue weighted by Crippen LogP contribution is -2.43. The Bertz CT molecular complexity index is 488. The quantitative estimate of drug-likeness (QED) is 0.410. The predicted octanol–water partition coefficient (Wildman–Crippen LogP) is 3.02. The number of guanidine groups is 1. The van der Waals surface area contributed by atoms with Gasteiger partial charge in [-0.05, 0) is 25.7 Å². The lowest BCUT2D eigenvalue weighted by Gasteiger charge is -2.28. The van der Waals surface area contributed by atoms with Crippen LogP contribution in [0.2, 0.25) is 0 Å². The van der Waals surface area contributed by atoms with Crippen molar-refractivity contribution in [2.45, 2.75) is 51.7 Å². The molecule has 0 bridgehead atoms. The van der Waals surface area contributed by atoms with Gasteiger partial charge in [-0.25, -0.2) is 4.98 Å². The summed E-state index contributed by atoms with van der Waals surface area (Å²) < 4.78 is 0. The van der Waals surface area contributed by atoms with Gasteiger partial charge in [0.1, 0.15) is 0 Å². The zero-order chi connectivity index (χ0) is 15.9. The van der Waals surface area contributed by atoms with E-state index < -0.39 is 0 Å². The molecule has 2 N–H and O–H groups in total. The third-order valence-corrected chi connectivity index (χ3v) is 5.12. The summed E-state index contributed by atoms with van der Waals surface area (Å²) in [5.74, 6) is 1.24. The van der Waals surface area contributed by atoms with E-state index >= 15 is 0 Å². The molecule has 1 unspecified atom stereocenters. The van der Waals surface area contributed by atoms with Crippen molar-refractivity contribution >= 4 is 41.3 Å². The maximum absolute atomic E-state index is 10.3. The van der Waals surface area contributed by atoms with Gasteiger partial charge in [0, 0.05) is 26.0 Å². The summed E-state index contributed by atoms with van der Waals surface area (Å²) in [6.45, 7) is 3.31. The van der Waals surface area contributed by atoms with Gasteiger partial charge in [0.25, 0.3) is 0 Å². The highest BCUT2D eigenvalue weighted by Crippen LogP contribution is 2.26. The standard InChI is InChI=1S/C16H28N4OS.HI/c1-12-19-14(11-22-12)10-20(3)16(17-2)18-9-15(21)13-7-5-4-6-8-13;/h11,13,15,21H,4-10H2,1-3H3,(H,17,18);1H. The summed E-state index contributed by atoms with van der Waals surface area (Å²) in [5.41, 5.74) is 1.06. The first-order valence-corrected chi connectivity index (χ1v) is 8.99. The molecule has 1 aliphatic rings. The number of thiazole rings is 1. The molecule has 1 fully saturated rings. The SMILES string of the molecule is CN=C(NCC(O)C1CCCCC1)N(C)Cc1csc(C)n1.I. The van der Waals surface area contributed by atoms with Gasteiger partial charge in [-0.1, -0.05) is 19.3 Å². The van der Waals surface area contributed by atoms with Crippen LogP contribution in [0, 0.1) is 12.8 Å². The average Bonchev–Trinajstić information content (AvgIpc) is 2.93. The topological polar surface area (TPSA) is 60.8 Å². The first kappa shape index (κ1) is 20.6. The molecule has 5 nitrogen and oxygen atoms in total. The maximum atomic E-state index is 10.3. The average molecular weight is 452 g/mol. The van der Waals surface area contributed by atoms with Gasteiger partial charge in [0.2, 0.25) is 0 Å². The monoisotopic (exact) mass is 452 g/mol. The van der Waals surface area contributed by atoms with E-state index in [2.05, 4.69) is 20.7 Å². The van der Waals surface area contributed by atoms with E-state index in [4.69, 9.17) is 0 Å². The van der Waals surface area contributed by atoms with E-state index in [1.54, 1.807) is 18.4 Å². The zero-order valence-corrected chi connectivity index (χ0v) is 17.4. The number of nitrogens with one attached hydrogen (secondary N) is 1. The van der Waals surface area contributed by atoms with Crippen LogP contribution in [0.1, 0.15) is 42.8 Å². The van der Waals surface area contributed by atoms with Crippen molar-refractivity contribution in [3.05, 3.63) is 16.1 Å². The van der Waals surface area contributed by atoms with Gasteiger partial charge in [-0.3, -0.25) is 4.99 Å². The van der Waals surface area contributed by atoms with E-state index in [-0.39, 0.29) is 30.1 Å². The summed E-state index contributed by atoms with van der Waals surface area (Å²) >= 11 is 1.66. The Kier molecular flexibility index (Phi) is 9.38. The zero-order valence-electron chi connectivity index (χ0n) is 14.3. The molecule has 1 aromatic heterocycles. The number of aromatic nitrogens is 1. The third kappa shape index (κ3) is 6.54. The fourth-order valence-corrected chi connectivity index (χ4v) is 3.67. The lowest BCUT2D eigenvalue weighted by molar-refractivity contribution is 0.0874. The fraction of sp³-hybridized carbons (Fsp3) is 0.750. The van der Waals surface area contributed by atoms with Gasteiger partial charge in [-0.2, -0.15) is 0 Å². The van der Waals surface area contributed by atoms with E-state index in [0.29, 0.717) is 12.5 Å². The number of aliphatic hydroxyl groups is 1. The summed E-state index contributed by atoms with van der Waals surface area (Å²) in [5, 5.41) is 16.8. The van der Waals surface area contributed by atoms with Crippen molar-refractivity contribution in [3.63, 3.8) is 0 Å². The number of hydrogen-bond donors (Lipinski definition) is 2. The van der Waals surface area contributed by atoms with Crippen LogP contribution in [0.15, 0.2) is 10.4 Å². The molecule has 132 valence electrons. The Balaban J connectivity index is 0.00000264. The molecular weight excluding hydrogens is 423 g/mol. The molecule has 0 radical (unpaired) electrons. The molecule has 0 aliphatic heterocycles. The Hall–Kier alpha value is -0.410. The predicted molar refractivity (Wildman–Crippen MR) is 108 cm³/mol. The number of aliphatic hydroxyl groups excluding tert-OH is 1. The molecule has 1 saturated carbocycles. The highest BCUT2D eigenvalue weighted by atomic mass is 127. The lowest BCUT2D eigenvalue weighted by atomic mass is 9.85. The molecular formula is C16H29IN4OS. The normalized spacial score (nSPS) is 17.5. The van der Waals surface area contributed by atoms with Crippen LogP contribution in [0.4, 0.5) is 0 Å². The van der Waals surface area contributed by atoms with Crippen LogP contribution < -0.4 is 5.32 Å². The molecule has 1 atom stereocenters. The minimum Gasteiger partial charge on any atom is -0.391 e. The number of halogens is 1. The van der Waals surface area contributed by atoms with Crippen molar-refractivity contribution in [1.29, 1.82) is 0 Å². The van der Waals surface area contributed by atoms with Crippen LogP contribution in [-0.4, -0.2) is 47.7 Å². The molecule has 2 rings (SSSR count). The van der Waals surface area contributed by atoms with Crippen LogP contribution >= 0.6 is 35.3 Å². The van der Waals surface area contributed by atoms with Gasteiger partial charge in [-0.15, -0.1) is 35.3 Å². The minimum atomic E-state index is -0.285. The van der Waals surface area contributed by atoms with Crippen LogP contribution in [0.5, 0.6) is 0 Å². The molecule has 1 heterocycles. The van der Waals surface area contributed by atoms with Gasteiger partial charge < -0.3 is 15.3 Å². The molecule has 1 aliphatic carbocycles. The number of aryl methyl sites for hydroxylation is 1. The highest BCUT2D eigenvalue weighted by molar-refractivity contribution is 14.0. The van der Waals surface area contributed by atoms with Crippen molar-refractivity contribution < 1.29 is 5.11 Å². The van der Waals surface area contributed by atoms with E-state index in [1.807, 2.05) is 18.9 Å². The summed E-state index contributed by atoms with van der Waals surface area (Å²) in [6, 6.07) is 0. The Morgan fingerprint density at radius 3 is 2.74 bits per heavy atom. The molecule has 23 heavy (non-hydrogen) atoms. The third-order valence-electron chi connectivity index (χ3n) is 4.30. The van der Waals surface area contributed by atoms with Crippen LogP contribution in [0.3, 0.4) is 0 Å². The van der Waals surface area contributed by atoms with E-state index in [0.717, 1.165) is 36.0 Å². The maximum Gasteiger partial charge on any atom is 0.193 e. The van der Waals surface area contributed by atoms with Crippen molar-refractivity contribution in [2.75, 3.05) is 20.6 Å². The molecule has 0 saturated heterocycles. The second-order valence-corrected chi connectivity index (χ2v) is 7.17. The Morgan fingerprint density at radius 2 is 2.17 bits per heavy atom. The summed E-state index contributed by atoms with van der Waals surface area (Å²) in [6.07, 6.45) is 5.82. The summed E-state index contributed by atoms with van der Waals surface area (Å²) in [7, 11) is 3.77. The second-order valence-electron chi connectivity index (χ2n) is 6.11. The number of hydrogen-bond acceptors (Lipinski definition) is 4. The molecule has 1 aromatic rings. The second kappa shape index (κ2) is 10.5. The molecule has 0 amide bonds.